The number of H-pyrrole nitrogens is 1. The molecule has 1 fully saturated rings. The van der Waals surface area contributed by atoms with Crippen molar-refractivity contribution in [3.05, 3.63) is 93.3 Å². The van der Waals surface area contributed by atoms with Crippen molar-refractivity contribution in [1.29, 1.82) is 0 Å². The van der Waals surface area contributed by atoms with E-state index in [9.17, 15) is 9.59 Å². The minimum atomic E-state index is -2.69. The normalized spacial score (nSPS) is 20.8. The Labute approximate surface area is 221 Å². The van der Waals surface area contributed by atoms with Crippen molar-refractivity contribution in [1.82, 2.24) is 9.55 Å². The van der Waals surface area contributed by atoms with Gasteiger partial charge in [0.1, 0.15) is 6.23 Å². The molecule has 0 saturated carbocycles. The molecule has 0 spiro atoms. The molecule has 1 aliphatic heterocycles. The van der Waals surface area contributed by atoms with E-state index in [4.69, 9.17) is 9.16 Å². The number of hydrogen-bond donors (Lipinski definition) is 1. The monoisotopic (exact) mass is 604 g/mol. The van der Waals surface area contributed by atoms with Crippen LogP contribution in [-0.4, -0.2) is 35.0 Å². The zero-order chi connectivity index (χ0) is 25.2. The Hall–Kier alpha value is -2.01. The van der Waals surface area contributed by atoms with E-state index in [1.807, 2.05) is 12.1 Å². The molecule has 3 aromatic rings. The number of halogens is 1. The third-order valence-electron chi connectivity index (χ3n) is 6.90. The highest BCUT2D eigenvalue weighted by atomic mass is 127. The van der Waals surface area contributed by atoms with Gasteiger partial charge in [-0.2, -0.15) is 0 Å². The van der Waals surface area contributed by atoms with E-state index in [-0.39, 0.29) is 22.6 Å². The second-order valence-corrected chi connectivity index (χ2v) is 15.4. The first-order chi connectivity index (χ1) is 16.7. The number of ether oxygens (including phenoxy) is 1. The molecule has 3 atom stereocenters. The van der Waals surface area contributed by atoms with Gasteiger partial charge in [0.2, 0.25) is 0 Å². The van der Waals surface area contributed by atoms with Crippen LogP contribution in [0.5, 0.6) is 0 Å². The van der Waals surface area contributed by atoms with Crippen LogP contribution in [0.1, 0.15) is 39.0 Å². The van der Waals surface area contributed by atoms with Gasteiger partial charge in [0, 0.05) is 22.1 Å². The van der Waals surface area contributed by atoms with Crippen LogP contribution in [0.15, 0.2) is 76.4 Å². The van der Waals surface area contributed by atoms with Crippen molar-refractivity contribution in [2.24, 2.45) is 5.92 Å². The van der Waals surface area contributed by atoms with E-state index in [1.165, 1.54) is 14.9 Å². The summed E-state index contributed by atoms with van der Waals surface area (Å²) in [5, 5.41) is 2.33. The largest absolute Gasteiger partial charge is 0.405 e. The van der Waals surface area contributed by atoms with Crippen LogP contribution < -0.4 is 21.6 Å². The third-order valence-corrected chi connectivity index (χ3v) is 13.0. The van der Waals surface area contributed by atoms with Crippen molar-refractivity contribution in [2.75, 3.05) is 11.0 Å². The zero-order valence-corrected chi connectivity index (χ0v) is 23.8. The van der Waals surface area contributed by atoms with Gasteiger partial charge in [-0.25, -0.2) is 4.79 Å². The molecule has 0 bridgehead atoms. The van der Waals surface area contributed by atoms with Gasteiger partial charge in [0.05, 0.1) is 12.7 Å². The van der Waals surface area contributed by atoms with E-state index in [0.29, 0.717) is 18.6 Å². The lowest BCUT2D eigenvalue weighted by Crippen LogP contribution is -2.67. The summed E-state index contributed by atoms with van der Waals surface area (Å²) in [4.78, 5) is 26.7. The standard InChI is InChI=1S/C27H33IN2O4Si/c1-19-17-30(26(32)29-25(19)31)24-15-20(16-28)23(34-24)18-33-35(27(2,3)4,21-11-7-5-8-12-21)22-13-9-6-10-14-22/h5-14,17,20,23-24H,15-16,18H2,1-4H3,(H,29,31,32)/t20-,23?,24?/m1/s1. The van der Waals surface area contributed by atoms with Crippen molar-refractivity contribution < 1.29 is 9.16 Å². The molecule has 0 aliphatic carbocycles. The van der Waals surface area contributed by atoms with Crippen molar-refractivity contribution in [3.8, 4) is 0 Å². The highest BCUT2D eigenvalue weighted by Crippen LogP contribution is 2.39. The van der Waals surface area contributed by atoms with E-state index in [1.54, 1.807) is 13.1 Å². The average Bonchev–Trinajstić information content (AvgIpc) is 3.25. The van der Waals surface area contributed by atoms with Gasteiger partial charge < -0.3 is 9.16 Å². The highest BCUT2D eigenvalue weighted by Gasteiger charge is 2.51. The van der Waals surface area contributed by atoms with Crippen LogP contribution in [0.4, 0.5) is 0 Å². The molecule has 1 aromatic heterocycles. The first-order valence-electron chi connectivity index (χ1n) is 12.0. The molecule has 2 aromatic carbocycles. The van der Waals surface area contributed by atoms with E-state index < -0.39 is 20.2 Å². The number of aryl methyl sites for hydroxylation is 1. The molecule has 35 heavy (non-hydrogen) atoms. The molecule has 6 nitrogen and oxygen atoms in total. The second-order valence-electron chi connectivity index (χ2n) is 10.2. The van der Waals surface area contributed by atoms with E-state index in [2.05, 4.69) is 96.9 Å². The lowest BCUT2D eigenvalue weighted by Gasteiger charge is -2.43. The van der Waals surface area contributed by atoms with Crippen molar-refractivity contribution >= 4 is 41.3 Å². The first-order valence-corrected chi connectivity index (χ1v) is 15.4. The minimum Gasteiger partial charge on any atom is -0.405 e. The number of aromatic amines is 1. The molecule has 0 radical (unpaired) electrons. The molecular formula is C27H33IN2O4Si. The molecule has 1 N–H and O–H groups in total. The predicted octanol–water partition coefficient (Wildman–Crippen LogP) is 3.76. The Morgan fingerprint density at radius 2 is 1.63 bits per heavy atom. The summed E-state index contributed by atoms with van der Waals surface area (Å²) < 4.78 is 15.9. The summed E-state index contributed by atoms with van der Waals surface area (Å²) in [5.74, 6) is 0.234. The van der Waals surface area contributed by atoms with Gasteiger partial charge in [0.25, 0.3) is 13.9 Å². The lowest BCUT2D eigenvalue weighted by atomic mass is 10.0. The Kier molecular flexibility index (Phi) is 7.85. The Bertz CT molecular complexity index is 1210. The molecule has 1 saturated heterocycles. The quantitative estimate of drug-likeness (QED) is 0.253. The van der Waals surface area contributed by atoms with Crippen LogP contribution in [0.3, 0.4) is 0 Å². The summed E-state index contributed by atoms with van der Waals surface area (Å²) in [6.07, 6.45) is 1.72. The summed E-state index contributed by atoms with van der Waals surface area (Å²) in [7, 11) is -2.69. The summed E-state index contributed by atoms with van der Waals surface area (Å²) in [6.45, 7) is 8.92. The number of aromatic nitrogens is 2. The molecule has 2 heterocycles. The Morgan fingerprint density at radius 3 is 2.14 bits per heavy atom. The highest BCUT2D eigenvalue weighted by molar-refractivity contribution is 14.1. The van der Waals surface area contributed by atoms with Gasteiger partial charge in [0.15, 0.2) is 0 Å². The van der Waals surface area contributed by atoms with Gasteiger partial charge in [-0.1, -0.05) is 104 Å². The lowest BCUT2D eigenvalue weighted by molar-refractivity contribution is -0.0276. The summed E-state index contributed by atoms with van der Waals surface area (Å²) in [6, 6.07) is 21.1. The molecule has 4 rings (SSSR count). The average molecular weight is 605 g/mol. The van der Waals surface area contributed by atoms with Crippen molar-refractivity contribution in [2.45, 2.75) is 51.5 Å². The minimum absolute atomic E-state index is 0.125. The second kappa shape index (κ2) is 10.5. The Morgan fingerprint density at radius 1 is 1.06 bits per heavy atom. The van der Waals surface area contributed by atoms with E-state index >= 15 is 0 Å². The molecule has 8 heteroatoms. The fraction of sp³-hybridized carbons (Fsp3) is 0.407. The molecule has 0 amide bonds. The SMILES string of the molecule is Cc1cn(C2C[C@H](CI)C(CO[Si](c3ccccc3)(c3ccccc3)C(C)(C)C)O2)c(=O)[nH]c1=O. The maximum atomic E-state index is 12.5. The number of benzene rings is 2. The maximum absolute atomic E-state index is 12.5. The molecular weight excluding hydrogens is 571 g/mol. The van der Waals surface area contributed by atoms with Crippen LogP contribution in [0.2, 0.25) is 5.04 Å². The smallest absolute Gasteiger partial charge is 0.330 e. The van der Waals surface area contributed by atoms with Gasteiger partial charge in [-0.15, -0.1) is 0 Å². The van der Waals surface area contributed by atoms with Crippen molar-refractivity contribution in [3.63, 3.8) is 0 Å². The first kappa shape index (κ1) is 26.1. The zero-order valence-electron chi connectivity index (χ0n) is 20.7. The van der Waals surface area contributed by atoms with Gasteiger partial charge in [-0.3, -0.25) is 14.3 Å². The number of alkyl halides is 1. The van der Waals surface area contributed by atoms with Crippen LogP contribution in [0.25, 0.3) is 0 Å². The molecule has 2 unspecified atom stereocenters. The molecule has 1 aliphatic rings. The van der Waals surface area contributed by atoms with Gasteiger partial charge >= 0.3 is 5.69 Å². The van der Waals surface area contributed by atoms with E-state index in [0.717, 1.165) is 4.43 Å². The van der Waals surface area contributed by atoms with Crippen LogP contribution >= 0.6 is 22.6 Å². The summed E-state index contributed by atoms with van der Waals surface area (Å²) >= 11 is 2.39. The summed E-state index contributed by atoms with van der Waals surface area (Å²) in [5.41, 5.74) is -0.307. The van der Waals surface area contributed by atoms with Crippen LogP contribution in [0, 0.1) is 12.8 Å². The number of nitrogens with zero attached hydrogens (tertiary/aromatic N) is 1. The number of nitrogens with one attached hydrogen (secondary N) is 1. The fourth-order valence-corrected chi connectivity index (χ4v) is 10.6. The van der Waals surface area contributed by atoms with Gasteiger partial charge in [-0.05, 0) is 28.8 Å². The Balaban J connectivity index is 1.68. The third kappa shape index (κ3) is 5.12. The maximum Gasteiger partial charge on any atom is 0.330 e. The number of rotatable bonds is 7. The molecule has 186 valence electrons. The fourth-order valence-electron chi connectivity index (χ4n) is 5.06. The predicted molar refractivity (Wildman–Crippen MR) is 151 cm³/mol. The van der Waals surface area contributed by atoms with Crippen LogP contribution in [-0.2, 0) is 9.16 Å². The topological polar surface area (TPSA) is 73.3 Å². The number of hydrogen-bond acceptors (Lipinski definition) is 4.